The molecule has 0 aliphatic carbocycles. The van der Waals surface area contributed by atoms with Crippen molar-refractivity contribution in [2.45, 2.75) is 13.0 Å². The van der Waals surface area contributed by atoms with Crippen LogP contribution in [0.3, 0.4) is 0 Å². The monoisotopic (exact) mass is 367 g/mol. The van der Waals surface area contributed by atoms with E-state index in [-0.39, 0.29) is 11.9 Å². The van der Waals surface area contributed by atoms with Gasteiger partial charge in [-0.2, -0.15) is 0 Å². The van der Waals surface area contributed by atoms with Crippen molar-refractivity contribution in [3.8, 4) is 11.5 Å². The van der Waals surface area contributed by atoms with E-state index < -0.39 is 0 Å². The lowest BCUT2D eigenvalue weighted by atomic mass is 10.1. The van der Waals surface area contributed by atoms with Gasteiger partial charge in [0.25, 0.3) is 5.91 Å². The zero-order valence-electron chi connectivity index (χ0n) is 14.9. The molecule has 1 atom stereocenters. The average molecular weight is 368 g/mol. The number of halogens is 1. The van der Waals surface area contributed by atoms with Crippen LogP contribution in [0.4, 0.5) is 0 Å². The van der Waals surface area contributed by atoms with E-state index in [1.54, 1.807) is 18.4 Å². The van der Waals surface area contributed by atoms with E-state index in [0.29, 0.717) is 35.2 Å². The van der Waals surface area contributed by atoms with E-state index in [4.69, 9.17) is 25.5 Å². The minimum absolute atomic E-state index is 0.0130. The number of benzene rings is 1. The van der Waals surface area contributed by atoms with Crippen LogP contribution in [0, 0.1) is 0 Å². The number of likely N-dealkylation sites (N-methyl/N-ethyl adjacent to an activating group) is 1. The number of carbonyl (C=O) groups is 1. The summed E-state index contributed by atoms with van der Waals surface area (Å²) >= 11 is 6.23. The highest BCUT2D eigenvalue weighted by atomic mass is 35.5. The minimum atomic E-state index is -0.235. The Morgan fingerprint density at radius 2 is 2.16 bits per heavy atom. The molecular weight excluding hydrogens is 344 g/mol. The number of amides is 1. The van der Waals surface area contributed by atoms with Gasteiger partial charge in [-0.1, -0.05) is 11.6 Å². The molecule has 2 rings (SSSR count). The Labute approximate surface area is 152 Å². The van der Waals surface area contributed by atoms with Crippen LogP contribution < -0.4 is 19.7 Å². The fourth-order valence-electron chi connectivity index (χ4n) is 2.51. The topological polar surface area (TPSA) is 65.1 Å². The van der Waals surface area contributed by atoms with Gasteiger partial charge < -0.3 is 24.1 Å². The lowest BCUT2D eigenvalue weighted by Crippen LogP contribution is -3.07. The molecule has 1 aromatic carbocycles. The Hall–Kier alpha value is -2.18. The van der Waals surface area contributed by atoms with E-state index in [1.807, 2.05) is 33.2 Å². The highest BCUT2D eigenvalue weighted by molar-refractivity contribution is 6.32. The van der Waals surface area contributed by atoms with Crippen LogP contribution in [0.5, 0.6) is 11.5 Å². The van der Waals surface area contributed by atoms with Gasteiger partial charge in [0.1, 0.15) is 0 Å². The maximum Gasteiger partial charge on any atom is 0.251 e. The maximum absolute atomic E-state index is 12.5. The third kappa shape index (κ3) is 4.67. The number of nitrogens with one attached hydrogen (secondary N) is 2. The molecule has 0 unspecified atom stereocenters. The molecule has 1 heterocycles. The number of rotatable bonds is 8. The largest absolute Gasteiger partial charge is 0.493 e. The molecule has 0 saturated heterocycles. The normalized spacial score (nSPS) is 12.1. The summed E-state index contributed by atoms with van der Waals surface area (Å²) in [5, 5.41) is 3.26. The van der Waals surface area contributed by atoms with Gasteiger partial charge in [0, 0.05) is 5.56 Å². The van der Waals surface area contributed by atoms with Gasteiger partial charge in [-0.05, 0) is 31.2 Å². The highest BCUT2D eigenvalue weighted by Crippen LogP contribution is 2.36. The Balaban J connectivity index is 2.13. The van der Waals surface area contributed by atoms with Gasteiger partial charge in [0.15, 0.2) is 23.3 Å². The average Bonchev–Trinajstić information content (AvgIpc) is 3.10. The third-order valence-electron chi connectivity index (χ3n) is 3.83. The summed E-state index contributed by atoms with van der Waals surface area (Å²) < 4.78 is 16.2. The molecule has 0 bridgehead atoms. The maximum atomic E-state index is 12.5. The number of furan rings is 1. The molecule has 1 aromatic heterocycles. The fraction of sp³-hybridized carbons (Fsp3) is 0.389. The van der Waals surface area contributed by atoms with E-state index in [9.17, 15) is 4.79 Å². The second-order valence-corrected chi connectivity index (χ2v) is 6.19. The highest BCUT2D eigenvalue weighted by Gasteiger charge is 2.22. The van der Waals surface area contributed by atoms with Crippen molar-refractivity contribution < 1.29 is 23.6 Å². The van der Waals surface area contributed by atoms with Gasteiger partial charge in [-0.15, -0.1) is 0 Å². The van der Waals surface area contributed by atoms with Gasteiger partial charge in [-0.25, -0.2) is 0 Å². The van der Waals surface area contributed by atoms with Crippen LogP contribution in [0.25, 0.3) is 0 Å². The number of methoxy groups -OCH3 is 1. The summed E-state index contributed by atoms with van der Waals surface area (Å²) in [7, 11) is 5.53. The van der Waals surface area contributed by atoms with E-state index in [0.717, 1.165) is 10.7 Å². The molecule has 0 fully saturated rings. The van der Waals surface area contributed by atoms with Crippen molar-refractivity contribution >= 4 is 17.5 Å². The summed E-state index contributed by atoms with van der Waals surface area (Å²) in [5.74, 6) is 1.46. The van der Waals surface area contributed by atoms with Crippen LogP contribution in [0.2, 0.25) is 5.02 Å². The molecule has 0 radical (unpaired) electrons. The Morgan fingerprint density at radius 1 is 1.40 bits per heavy atom. The number of hydrogen-bond donors (Lipinski definition) is 2. The fourth-order valence-corrected chi connectivity index (χ4v) is 2.78. The van der Waals surface area contributed by atoms with E-state index in [2.05, 4.69) is 5.32 Å². The molecule has 2 aromatic rings. The molecule has 7 heteroatoms. The molecule has 0 spiro atoms. The van der Waals surface area contributed by atoms with Gasteiger partial charge in [0.2, 0.25) is 0 Å². The molecule has 2 N–H and O–H groups in total. The first kappa shape index (κ1) is 19.1. The molecule has 0 aliphatic rings. The van der Waals surface area contributed by atoms with Crippen molar-refractivity contribution in [3.05, 3.63) is 46.9 Å². The van der Waals surface area contributed by atoms with Crippen LogP contribution >= 0.6 is 11.6 Å². The molecule has 1 amide bonds. The molecule has 136 valence electrons. The van der Waals surface area contributed by atoms with Gasteiger partial charge in [0.05, 0.1) is 45.6 Å². The summed E-state index contributed by atoms with van der Waals surface area (Å²) in [4.78, 5) is 13.7. The van der Waals surface area contributed by atoms with Crippen molar-refractivity contribution in [1.82, 2.24) is 5.32 Å². The Bertz CT molecular complexity index is 701. The quantitative estimate of drug-likeness (QED) is 0.748. The third-order valence-corrected chi connectivity index (χ3v) is 4.11. The van der Waals surface area contributed by atoms with Crippen molar-refractivity contribution in [3.63, 3.8) is 0 Å². The number of ether oxygens (including phenoxy) is 2. The van der Waals surface area contributed by atoms with Crippen LogP contribution in [-0.2, 0) is 0 Å². The lowest BCUT2D eigenvalue weighted by molar-refractivity contribution is -0.891. The standard InChI is InChI=1S/C18H23ClN2O4/c1-5-24-17-13(19)9-12(10-16(17)23-4)18(22)20-11-14(21(2)3)15-7-6-8-25-15/h6-10,14H,5,11H2,1-4H3,(H,20,22)/p+1/t14-/m0/s1. The second-order valence-electron chi connectivity index (χ2n) is 5.78. The second kappa shape index (κ2) is 8.78. The predicted octanol–water partition coefficient (Wildman–Crippen LogP) is 1.96. The van der Waals surface area contributed by atoms with Crippen LogP contribution in [-0.4, -0.2) is 40.3 Å². The first-order chi connectivity index (χ1) is 12.0. The zero-order chi connectivity index (χ0) is 18.4. The SMILES string of the molecule is CCOc1c(Cl)cc(C(=O)NC[C@@H](c2ccco2)[NH+](C)C)cc1OC. The zero-order valence-corrected chi connectivity index (χ0v) is 15.6. The number of hydrogen-bond acceptors (Lipinski definition) is 4. The summed E-state index contributed by atoms with van der Waals surface area (Å²) in [6, 6.07) is 6.95. The summed E-state index contributed by atoms with van der Waals surface area (Å²) in [6.07, 6.45) is 1.63. The lowest BCUT2D eigenvalue weighted by Gasteiger charge is -2.20. The van der Waals surface area contributed by atoms with Crippen molar-refractivity contribution in [1.29, 1.82) is 0 Å². The molecular formula is C18H24ClN2O4+. The van der Waals surface area contributed by atoms with E-state index >= 15 is 0 Å². The van der Waals surface area contributed by atoms with Crippen molar-refractivity contribution in [2.75, 3.05) is 34.4 Å². The van der Waals surface area contributed by atoms with E-state index in [1.165, 1.54) is 7.11 Å². The minimum Gasteiger partial charge on any atom is -0.493 e. The molecule has 25 heavy (non-hydrogen) atoms. The predicted molar refractivity (Wildman–Crippen MR) is 95.8 cm³/mol. The first-order valence-electron chi connectivity index (χ1n) is 8.09. The van der Waals surface area contributed by atoms with Crippen LogP contribution in [0.15, 0.2) is 34.9 Å². The summed E-state index contributed by atoms with van der Waals surface area (Å²) in [5.41, 5.74) is 0.414. The van der Waals surface area contributed by atoms with Crippen molar-refractivity contribution in [2.24, 2.45) is 0 Å². The smallest absolute Gasteiger partial charge is 0.251 e. The van der Waals surface area contributed by atoms with Gasteiger partial charge in [-0.3, -0.25) is 4.79 Å². The Morgan fingerprint density at radius 3 is 2.72 bits per heavy atom. The van der Waals surface area contributed by atoms with Crippen LogP contribution in [0.1, 0.15) is 29.1 Å². The molecule has 6 nitrogen and oxygen atoms in total. The molecule has 0 saturated carbocycles. The number of carbonyl (C=O) groups excluding carboxylic acids is 1. The Kier molecular flexibility index (Phi) is 6.73. The summed E-state index contributed by atoms with van der Waals surface area (Å²) in [6.45, 7) is 2.74. The first-order valence-corrected chi connectivity index (χ1v) is 8.47. The van der Waals surface area contributed by atoms with Gasteiger partial charge >= 0.3 is 0 Å². The number of quaternary nitrogens is 1. The molecule has 0 aliphatic heterocycles.